The molecular formula is C18H20ClI. The topological polar surface area (TPSA) is 0 Å². The Morgan fingerprint density at radius 1 is 0.800 bits per heavy atom. The minimum atomic E-state index is -0.0823. The lowest BCUT2D eigenvalue weighted by Gasteiger charge is -2.23. The van der Waals surface area contributed by atoms with Crippen LogP contribution in [0.5, 0.6) is 0 Å². The minimum Gasteiger partial charge on any atom is -0.113 e. The van der Waals surface area contributed by atoms with Crippen LogP contribution in [-0.2, 0) is 0 Å². The molecule has 0 N–H and O–H groups in total. The first-order valence-electron chi connectivity index (χ1n) is 6.81. The number of hydrogen-bond acceptors (Lipinski definition) is 0. The minimum absolute atomic E-state index is 0.0823. The highest BCUT2D eigenvalue weighted by atomic mass is 127. The normalized spacial score (nSPS) is 12.6. The van der Waals surface area contributed by atoms with Gasteiger partial charge in [0, 0.05) is 3.57 Å². The van der Waals surface area contributed by atoms with Crippen molar-refractivity contribution in [1.82, 2.24) is 0 Å². The SMILES string of the molecule is Cc1c(C)c(C)c(C(Cl)c2ccccc2I)c(C)c1C. The van der Waals surface area contributed by atoms with Crippen LogP contribution in [0.4, 0.5) is 0 Å². The molecule has 2 aromatic rings. The van der Waals surface area contributed by atoms with Gasteiger partial charge in [0.1, 0.15) is 0 Å². The van der Waals surface area contributed by atoms with Crippen molar-refractivity contribution in [3.8, 4) is 0 Å². The van der Waals surface area contributed by atoms with Gasteiger partial charge in [-0.05, 0) is 102 Å². The molecule has 1 unspecified atom stereocenters. The Hall–Kier alpha value is -0.540. The Labute approximate surface area is 140 Å². The fraction of sp³-hybridized carbons (Fsp3) is 0.333. The van der Waals surface area contributed by atoms with Gasteiger partial charge in [-0.2, -0.15) is 0 Å². The molecule has 0 aromatic heterocycles. The predicted molar refractivity (Wildman–Crippen MR) is 97.0 cm³/mol. The van der Waals surface area contributed by atoms with E-state index in [4.69, 9.17) is 11.6 Å². The third-order valence-corrected chi connectivity index (χ3v) is 5.93. The maximum Gasteiger partial charge on any atom is 0.0850 e. The number of rotatable bonds is 2. The number of halogens is 2. The number of hydrogen-bond donors (Lipinski definition) is 0. The molecule has 0 heterocycles. The van der Waals surface area contributed by atoms with Crippen molar-refractivity contribution in [3.63, 3.8) is 0 Å². The molecule has 2 heteroatoms. The van der Waals surface area contributed by atoms with Gasteiger partial charge in [0.15, 0.2) is 0 Å². The first kappa shape index (κ1) is 15.8. The average Bonchev–Trinajstić information content (AvgIpc) is 2.43. The largest absolute Gasteiger partial charge is 0.113 e. The molecule has 20 heavy (non-hydrogen) atoms. The molecule has 106 valence electrons. The van der Waals surface area contributed by atoms with Crippen LogP contribution in [0.1, 0.15) is 44.3 Å². The summed E-state index contributed by atoms with van der Waals surface area (Å²) in [6, 6.07) is 8.36. The summed E-state index contributed by atoms with van der Waals surface area (Å²) in [5.41, 5.74) is 9.23. The summed E-state index contributed by atoms with van der Waals surface area (Å²) in [5, 5.41) is -0.0823. The molecular weight excluding hydrogens is 379 g/mol. The molecule has 0 radical (unpaired) electrons. The van der Waals surface area contributed by atoms with Crippen molar-refractivity contribution < 1.29 is 0 Å². The highest BCUT2D eigenvalue weighted by molar-refractivity contribution is 14.1. The van der Waals surface area contributed by atoms with E-state index in [1.807, 2.05) is 0 Å². The van der Waals surface area contributed by atoms with Crippen LogP contribution in [0.3, 0.4) is 0 Å². The van der Waals surface area contributed by atoms with E-state index >= 15 is 0 Å². The molecule has 0 fully saturated rings. The zero-order valence-electron chi connectivity index (χ0n) is 12.6. The lowest BCUT2D eigenvalue weighted by molar-refractivity contribution is 1.03. The summed E-state index contributed by atoms with van der Waals surface area (Å²) < 4.78 is 1.22. The highest BCUT2D eigenvalue weighted by Crippen LogP contribution is 2.38. The third-order valence-electron chi connectivity index (χ3n) is 4.49. The maximum atomic E-state index is 6.84. The molecule has 0 amide bonds. The van der Waals surface area contributed by atoms with Gasteiger partial charge in [-0.3, -0.25) is 0 Å². The zero-order valence-corrected chi connectivity index (χ0v) is 15.6. The van der Waals surface area contributed by atoms with Gasteiger partial charge in [0.05, 0.1) is 5.38 Å². The number of benzene rings is 2. The van der Waals surface area contributed by atoms with Gasteiger partial charge in [0.2, 0.25) is 0 Å². The standard InChI is InChI=1S/C18H20ClI/c1-10-11(2)13(4)17(14(5)12(10)3)18(19)15-8-6-7-9-16(15)20/h6-9,18H,1-5H3. The second-order valence-electron chi connectivity index (χ2n) is 5.42. The summed E-state index contributed by atoms with van der Waals surface area (Å²) in [6.07, 6.45) is 0. The third kappa shape index (κ3) is 2.62. The van der Waals surface area contributed by atoms with E-state index in [-0.39, 0.29) is 5.38 Å². The van der Waals surface area contributed by atoms with E-state index in [9.17, 15) is 0 Å². The van der Waals surface area contributed by atoms with Crippen LogP contribution < -0.4 is 0 Å². The van der Waals surface area contributed by atoms with Gasteiger partial charge in [-0.1, -0.05) is 18.2 Å². The molecule has 0 aliphatic rings. The molecule has 0 saturated heterocycles. The summed E-state index contributed by atoms with van der Waals surface area (Å²) in [6.45, 7) is 11.0. The zero-order chi connectivity index (χ0) is 15.0. The predicted octanol–water partition coefficient (Wildman–Crippen LogP) is 6.16. The van der Waals surface area contributed by atoms with Gasteiger partial charge >= 0.3 is 0 Å². The summed E-state index contributed by atoms with van der Waals surface area (Å²) in [5.74, 6) is 0. The molecule has 0 nitrogen and oxygen atoms in total. The lowest BCUT2D eigenvalue weighted by Crippen LogP contribution is -2.07. The maximum absolute atomic E-state index is 6.84. The van der Waals surface area contributed by atoms with E-state index < -0.39 is 0 Å². The van der Waals surface area contributed by atoms with Crippen molar-refractivity contribution in [1.29, 1.82) is 0 Å². The average molecular weight is 399 g/mol. The first-order chi connectivity index (χ1) is 9.36. The van der Waals surface area contributed by atoms with Crippen LogP contribution in [0.2, 0.25) is 0 Å². The fourth-order valence-electron chi connectivity index (χ4n) is 2.75. The molecule has 0 spiro atoms. The van der Waals surface area contributed by atoms with Crippen molar-refractivity contribution in [3.05, 3.63) is 66.8 Å². The summed E-state index contributed by atoms with van der Waals surface area (Å²) in [7, 11) is 0. The molecule has 2 aromatic carbocycles. The van der Waals surface area contributed by atoms with Crippen molar-refractivity contribution in [2.24, 2.45) is 0 Å². The van der Waals surface area contributed by atoms with Gasteiger partial charge in [-0.25, -0.2) is 0 Å². The van der Waals surface area contributed by atoms with Gasteiger partial charge in [0.25, 0.3) is 0 Å². The first-order valence-corrected chi connectivity index (χ1v) is 8.33. The second-order valence-corrected chi connectivity index (χ2v) is 7.02. The molecule has 0 aliphatic carbocycles. The molecule has 2 rings (SSSR count). The number of alkyl halides is 1. The Bertz CT molecular complexity index is 630. The molecule has 1 atom stereocenters. The van der Waals surface area contributed by atoms with E-state index in [1.165, 1.54) is 42.5 Å². The van der Waals surface area contributed by atoms with E-state index in [0.717, 1.165) is 0 Å². The quantitative estimate of drug-likeness (QED) is 0.420. The van der Waals surface area contributed by atoms with Crippen molar-refractivity contribution in [2.45, 2.75) is 40.0 Å². The van der Waals surface area contributed by atoms with Gasteiger partial charge in [-0.15, -0.1) is 11.6 Å². The Balaban J connectivity index is 2.68. The monoisotopic (exact) mass is 398 g/mol. The van der Waals surface area contributed by atoms with E-state index in [1.54, 1.807) is 0 Å². The van der Waals surface area contributed by atoms with Crippen LogP contribution >= 0.6 is 34.2 Å². The highest BCUT2D eigenvalue weighted by Gasteiger charge is 2.21. The van der Waals surface area contributed by atoms with Crippen LogP contribution in [0, 0.1) is 38.2 Å². The Morgan fingerprint density at radius 3 is 1.75 bits per heavy atom. The molecule has 0 aliphatic heterocycles. The summed E-state index contributed by atoms with van der Waals surface area (Å²) >= 11 is 9.20. The lowest BCUT2D eigenvalue weighted by atomic mass is 9.86. The smallest absolute Gasteiger partial charge is 0.0850 e. The van der Waals surface area contributed by atoms with Crippen molar-refractivity contribution in [2.75, 3.05) is 0 Å². The van der Waals surface area contributed by atoms with Crippen LogP contribution in [0.15, 0.2) is 24.3 Å². The Morgan fingerprint density at radius 2 is 1.25 bits per heavy atom. The Kier molecular flexibility index (Phi) is 4.80. The fourth-order valence-corrected chi connectivity index (χ4v) is 4.15. The molecule has 0 bridgehead atoms. The van der Waals surface area contributed by atoms with Crippen LogP contribution in [0.25, 0.3) is 0 Å². The second kappa shape index (κ2) is 6.07. The van der Waals surface area contributed by atoms with Crippen molar-refractivity contribution >= 4 is 34.2 Å². The van der Waals surface area contributed by atoms with E-state index in [0.29, 0.717) is 0 Å². The molecule has 0 saturated carbocycles. The van der Waals surface area contributed by atoms with Gasteiger partial charge < -0.3 is 0 Å². The van der Waals surface area contributed by atoms with Crippen LogP contribution in [-0.4, -0.2) is 0 Å². The van der Waals surface area contributed by atoms with E-state index in [2.05, 4.69) is 81.5 Å². The summed E-state index contributed by atoms with van der Waals surface area (Å²) in [4.78, 5) is 0.